The summed E-state index contributed by atoms with van der Waals surface area (Å²) in [7, 11) is 0. The van der Waals surface area contributed by atoms with Gasteiger partial charge in [-0.1, -0.05) is 12.1 Å². The predicted octanol–water partition coefficient (Wildman–Crippen LogP) is -0.726. The molecule has 1 aliphatic heterocycles. The Morgan fingerprint density at radius 2 is 1.96 bits per heavy atom. The van der Waals surface area contributed by atoms with Crippen molar-refractivity contribution in [2.45, 2.75) is 24.9 Å². The van der Waals surface area contributed by atoms with Gasteiger partial charge in [0.1, 0.15) is 12.3 Å². The summed E-state index contributed by atoms with van der Waals surface area (Å²) in [5.41, 5.74) is -0.186. The first kappa shape index (κ1) is 14.9. The maximum absolute atomic E-state index is 12.3. The number of fused-ring (bicyclic) bond motifs is 2. The zero-order valence-electron chi connectivity index (χ0n) is 12.4. The minimum absolute atomic E-state index is 0.0128. The highest BCUT2D eigenvalue weighted by Crippen LogP contribution is 2.29. The van der Waals surface area contributed by atoms with Gasteiger partial charge in [0.15, 0.2) is 11.2 Å². The lowest BCUT2D eigenvalue weighted by Crippen LogP contribution is -2.34. The van der Waals surface area contributed by atoms with Crippen molar-refractivity contribution in [3.05, 3.63) is 45.1 Å². The number of H-pyrrole nitrogens is 1. The Morgan fingerprint density at radius 1 is 1.25 bits per heavy atom. The molecule has 3 heterocycles. The molecule has 0 bridgehead atoms. The number of nitrogens with zero attached hydrogens (tertiary/aromatic N) is 3. The number of hydrogen-bond donors (Lipinski definition) is 3. The largest absolute Gasteiger partial charge is 0.394 e. The highest BCUT2D eigenvalue weighted by molar-refractivity contribution is 5.83. The number of aromatic nitrogens is 4. The van der Waals surface area contributed by atoms with E-state index in [0.29, 0.717) is 11.0 Å². The SMILES string of the molecule is O=c1[nH]c(=O)n([C@H]2C[C@H](O)[C@@H](CO)O2)c2nc3ccccc3nc12. The van der Waals surface area contributed by atoms with Crippen molar-refractivity contribution >= 4 is 22.2 Å². The molecule has 4 rings (SSSR count). The third kappa shape index (κ3) is 2.21. The van der Waals surface area contributed by atoms with Crippen LogP contribution in [0, 0.1) is 0 Å². The summed E-state index contributed by atoms with van der Waals surface area (Å²) in [6, 6.07) is 6.98. The summed E-state index contributed by atoms with van der Waals surface area (Å²) >= 11 is 0. The van der Waals surface area contributed by atoms with Gasteiger partial charge in [0.2, 0.25) is 0 Å². The maximum atomic E-state index is 12.3. The quantitative estimate of drug-likeness (QED) is 0.528. The van der Waals surface area contributed by atoms with Crippen LogP contribution >= 0.6 is 0 Å². The predicted molar refractivity (Wildman–Crippen MR) is 83.5 cm³/mol. The van der Waals surface area contributed by atoms with Gasteiger partial charge in [0, 0.05) is 6.42 Å². The fourth-order valence-electron chi connectivity index (χ4n) is 2.93. The number of nitrogens with one attached hydrogen (secondary N) is 1. The van der Waals surface area contributed by atoms with Gasteiger partial charge in [0.05, 0.1) is 23.7 Å². The highest BCUT2D eigenvalue weighted by Gasteiger charge is 2.36. The fourth-order valence-corrected chi connectivity index (χ4v) is 2.93. The minimum Gasteiger partial charge on any atom is -0.394 e. The van der Waals surface area contributed by atoms with E-state index in [0.717, 1.165) is 4.57 Å². The summed E-state index contributed by atoms with van der Waals surface area (Å²) in [6.45, 7) is -0.373. The van der Waals surface area contributed by atoms with E-state index in [-0.39, 0.29) is 24.2 Å². The van der Waals surface area contributed by atoms with Crippen LogP contribution in [0.1, 0.15) is 12.6 Å². The van der Waals surface area contributed by atoms with Gasteiger partial charge in [-0.3, -0.25) is 9.78 Å². The van der Waals surface area contributed by atoms with Crippen LogP contribution in [-0.2, 0) is 4.74 Å². The van der Waals surface area contributed by atoms with E-state index in [1.165, 1.54) is 0 Å². The summed E-state index contributed by atoms with van der Waals surface area (Å²) in [6.07, 6.45) is -2.46. The van der Waals surface area contributed by atoms with Crippen molar-refractivity contribution in [1.82, 2.24) is 19.5 Å². The molecule has 1 fully saturated rings. The third-order valence-electron chi connectivity index (χ3n) is 4.11. The zero-order chi connectivity index (χ0) is 16.8. The van der Waals surface area contributed by atoms with E-state index in [2.05, 4.69) is 15.0 Å². The van der Waals surface area contributed by atoms with Crippen LogP contribution in [0.15, 0.2) is 33.9 Å². The van der Waals surface area contributed by atoms with Crippen LogP contribution in [0.2, 0.25) is 0 Å². The van der Waals surface area contributed by atoms with Crippen LogP contribution in [-0.4, -0.2) is 48.5 Å². The van der Waals surface area contributed by atoms with Gasteiger partial charge < -0.3 is 14.9 Å². The first-order valence-corrected chi connectivity index (χ1v) is 7.44. The number of benzene rings is 1. The standard InChI is InChI=1S/C15H14N4O5/c20-6-10-9(21)5-11(24-10)19-13-12(14(22)18-15(19)23)16-7-3-1-2-4-8(7)17-13/h1-4,9-11,20-21H,5-6H2,(H,18,22,23)/t9-,10+,11+/m0/s1. The summed E-state index contributed by atoms with van der Waals surface area (Å²) in [4.78, 5) is 35.2. The van der Waals surface area contributed by atoms with Crippen molar-refractivity contribution < 1.29 is 14.9 Å². The lowest BCUT2D eigenvalue weighted by molar-refractivity contribution is -0.0445. The summed E-state index contributed by atoms with van der Waals surface area (Å²) in [5, 5.41) is 19.1. The van der Waals surface area contributed by atoms with Gasteiger partial charge in [-0.15, -0.1) is 0 Å². The Kier molecular flexibility index (Phi) is 3.41. The fraction of sp³-hybridized carbons (Fsp3) is 0.333. The Balaban J connectivity index is 1.99. The lowest BCUT2D eigenvalue weighted by atomic mass is 10.2. The van der Waals surface area contributed by atoms with E-state index in [4.69, 9.17) is 4.74 Å². The van der Waals surface area contributed by atoms with E-state index in [1.807, 2.05) is 0 Å². The average Bonchev–Trinajstić information content (AvgIpc) is 2.94. The van der Waals surface area contributed by atoms with Crippen LogP contribution in [0.3, 0.4) is 0 Å². The monoisotopic (exact) mass is 330 g/mol. The van der Waals surface area contributed by atoms with E-state index in [1.54, 1.807) is 24.3 Å². The van der Waals surface area contributed by atoms with Crippen LogP contribution in [0.25, 0.3) is 22.2 Å². The molecular weight excluding hydrogens is 316 g/mol. The van der Waals surface area contributed by atoms with Gasteiger partial charge in [0.25, 0.3) is 5.56 Å². The smallest absolute Gasteiger partial charge is 0.332 e. The van der Waals surface area contributed by atoms with Crippen LogP contribution < -0.4 is 11.2 Å². The third-order valence-corrected chi connectivity index (χ3v) is 4.11. The molecule has 1 saturated heterocycles. The van der Waals surface area contributed by atoms with Crippen molar-refractivity contribution in [3.8, 4) is 0 Å². The van der Waals surface area contributed by atoms with Gasteiger partial charge >= 0.3 is 5.69 Å². The number of aliphatic hydroxyl groups excluding tert-OH is 2. The molecule has 0 radical (unpaired) electrons. The maximum Gasteiger partial charge on any atom is 0.332 e. The molecule has 0 amide bonds. The number of aliphatic hydroxyl groups is 2. The molecule has 124 valence electrons. The number of ether oxygens (including phenoxy) is 1. The molecule has 0 spiro atoms. The molecule has 24 heavy (non-hydrogen) atoms. The van der Waals surface area contributed by atoms with E-state index in [9.17, 15) is 19.8 Å². The first-order chi connectivity index (χ1) is 11.6. The molecule has 1 aliphatic rings. The molecule has 3 aromatic rings. The molecule has 0 unspecified atom stereocenters. The molecule has 2 aromatic heterocycles. The Morgan fingerprint density at radius 3 is 2.62 bits per heavy atom. The number of hydrogen-bond acceptors (Lipinski definition) is 7. The topological polar surface area (TPSA) is 130 Å². The number of para-hydroxylation sites is 2. The normalized spacial score (nSPS) is 24.0. The summed E-state index contributed by atoms with van der Waals surface area (Å²) in [5.74, 6) is 0. The molecule has 9 heteroatoms. The molecule has 9 nitrogen and oxygen atoms in total. The van der Waals surface area contributed by atoms with Gasteiger partial charge in [-0.2, -0.15) is 0 Å². The molecule has 0 saturated carbocycles. The molecule has 1 aromatic carbocycles. The molecule has 3 N–H and O–H groups in total. The van der Waals surface area contributed by atoms with Crippen molar-refractivity contribution in [3.63, 3.8) is 0 Å². The number of aromatic amines is 1. The first-order valence-electron chi connectivity index (χ1n) is 7.44. The second-order valence-electron chi connectivity index (χ2n) is 5.63. The van der Waals surface area contributed by atoms with Crippen molar-refractivity contribution in [2.24, 2.45) is 0 Å². The van der Waals surface area contributed by atoms with Gasteiger partial charge in [-0.05, 0) is 12.1 Å². The van der Waals surface area contributed by atoms with Gasteiger partial charge in [-0.25, -0.2) is 19.3 Å². The van der Waals surface area contributed by atoms with E-state index >= 15 is 0 Å². The second-order valence-corrected chi connectivity index (χ2v) is 5.63. The van der Waals surface area contributed by atoms with Crippen molar-refractivity contribution in [2.75, 3.05) is 6.61 Å². The molecule has 0 aliphatic carbocycles. The molecule has 3 atom stereocenters. The molecular formula is C15H14N4O5. The Labute approximate surface area is 134 Å². The second kappa shape index (κ2) is 5.48. The number of rotatable bonds is 2. The average molecular weight is 330 g/mol. The highest BCUT2D eigenvalue weighted by atomic mass is 16.5. The minimum atomic E-state index is -0.915. The Hall–Kier alpha value is -2.62. The Bertz CT molecular complexity index is 1040. The lowest BCUT2D eigenvalue weighted by Gasteiger charge is -2.16. The van der Waals surface area contributed by atoms with E-state index < -0.39 is 29.7 Å². The summed E-state index contributed by atoms with van der Waals surface area (Å²) < 4.78 is 6.68. The van der Waals surface area contributed by atoms with Crippen LogP contribution in [0.5, 0.6) is 0 Å². The van der Waals surface area contributed by atoms with Crippen LogP contribution in [0.4, 0.5) is 0 Å². The zero-order valence-corrected chi connectivity index (χ0v) is 12.4. The van der Waals surface area contributed by atoms with Crippen molar-refractivity contribution in [1.29, 1.82) is 0 Å².